The molecule has 140 valence electrons. The van der Waals surface area contributed by atoms with Crippen LogP contribution in [0.4, 0.5) is 4.39 Å². The van der Waals surface area contributed by atoms with E-state index in [1.54, 1.807) is 6.07 Å². The van der Waals surface area contributed by atoms with Crippen LogP contribution in [0.3, 0.4) is 0 Å². The van der Waals surface area contributed by atoms with Gasteiger partial charge in [-0.25, -0.2) is 4.39 Å². The summed E-state index contributed by atoms with van der Waals surface area (Å²) in [6.45, 7) is 3.64. The van der Waals surface area contributed by atoms with Crippen molar-refractivity contribution in [2.45, 2.75) is 4.21 Å². The maximum Gasteiger partial charge on any atom is 0.294 e. The molecule has 1 aromatic heterocycles. The van der Waals surface area contributed by atoms with E-state index in [1.165, 1.54) is 47.4 Å². The standard InChI is InChI=1S/C17H12ClFN2O3S3/c1-2-9-21-16(22)13(10-11-5-3-4-6-12(11)19)25-17(21)20-27(23,24)15-8-7-14(18)26-15/h2-8,10H,1,9H2. The Balaban J connectivity index is 2.01. The van der Waals surface area contributed by atoms with E-state index in [4.69, 9.17) is 11.6 Å². The minimum Gasteiger partial charge on any atom is -0.282 e. The fourth-order valence-corrected chi connectivity index (χ4v) is 5.83. The van der Waals surface area contributed by atoms with E-state index in [1.807, 2.05) is 0 Å². The van der Waals surface area contributed by atoms with E-state index >= 15 is 0 Å². The number of halogens is 2. The van der Waals surface area contributed by atoms with Crippen LogP contribution in [0.15, 0.2) is 62.6 Å². The summed E-state index contributed by atoms with van der Waals surface area (Å²) in [4.78, 5) is 14.0. The second-order valence-corrected chi connectivity index (χ2v) is 9.80. The largest absolute Gasteiger partial charge is 0.294 e. The topological polar surface area (TPSA) is 66.8 Å². The number of thioether (sulfide) groups is 1. The Kier molecular flexibility index (Phi) is 5.85. The predicted octanol–water partition coefficient (Wildman–Crippen LogP) is 4.39. The third-order valence-electron chi connectivity index (χ3n) is 3.39. The third kappa shape index (κ3) is 4.32. The van der Waals surface area contributed by atoms with E-state index in [-0.39, 0.29) is 26.4 Å². The van der Waals surface area contributed by atoms with Gasteiger partial charge < -0.3 is 0 Å². The minimum atomic E-state index is -4.03. The van der Waals surface area contributed by atoms with E-state index in [9.17, 15) is 17.6 Å². The second kappa shape index (κ2) is 7.97. The van der Waals surface area contributed by atoms with Gasteiger partial charge in [0.25, 0.3) is 15.9 Å². The molecule has 3 rings (SSSR count). The first-order valence-electron chi connectivity index (χ1n) is 7.49. The van der Waals surface area contributed by atoms with Crippen molar-refractivity contribution >= 4 is 61.9 Å². The zero-order valence-corrected chi connectivity index (χ0v) is 16.8. The Hall–Kier alpha value is -1.94. The summed E-state index contributed by atoms with van der Waals surface area (Å²) in [5, 5.41) is -0.0213. The summed E-state index contributed by atoms with van der Waals surface area (Å²) in [6, 6.07) is 8.78. The van der Waals surface area contributed by atoms with Crippen LogP contribution in [-0.4, -0.2) is 30.9 Å². The van der Waals surface area contributed by atoms with Gasteiger partial charge in [-0.15, -0.1) is 22.3 Å². The van der Waals surface area contributed by atoms with E-state index in [2.05, 4.69) is 11.0 Å². The van der Waals surface area contributed by atoms with Gasteiger partial charge in [0.2, 0.25) is 0 Å². The zero-order valence-electron chi connectivity index (χ0n) is 13.6. The number of hydrogen-bond acceptors (Lipinski definition) is 5. The molecule has 0 atom stereocenters. The quantitative estimate of drug-likeness (QED) is 0.508. The molecule has 0 N–H and O–H groups in total. The molecule has 1 fully saturated rings. The van der Waals surface area contributed by atoms with Crippen LogP contribution in [0.25, 0.3) is 6.08 Å². The number of sulfonamides is 1. The van der Waals surface area contributed by atoms with Crippen molar-refractivity contribution in [1.82, 2.24) is 4.90 Å². The number of carbonyl (C=O) groups excluding carboxylic acids is 1. The number of nitrogens with zero attached hydrogens (tertiary/aromatic N) is 2. The van der Waals surface area contributed by atoms with Gasteiger partial charge in [0.15, 0.2) is 5.17 Å². The lowest BCUT2D eigenvalue weighted by atomic mass is 10.2. The number of carbonyl (C=O) groups is 1. The monoisotopic (exact) mass is 442 g/mol. The van der Waals surface area contributed by atoms with Crippen molar-refractivity contribution in [2.75, 3.05) is 6.54 Å². The summed E-state index contributed by atoms with van der Waals surface area (Å²) < 4.78 is 42.9. The maximum atomic E-state index is 13.9. The van der Waals surface area contributed by atoms with Crippen LogP contribution in [0.2, 0.25) is 4.34 Å². The normalized spacial score (nSPS) is 17.9. The van der Waals surface area contributed by atoms with Crippen molar-refractivity contribution in [3.8, 4) is 0 Å². The van der Waals surface area contributed by atoms with Gasteiger partial charge in [0, 0.05) is 12.1 Å². The molecule has 5 nitrogen and oxygen atoms in total. The zero-order chi connectivity index (χ0) is 19.6. The molecule has 2 heterocycles. The van der Waals surface area contributed by atoms with Gasteiger partial charge in [-0.2, -0.15) is 8.42 Å². The Bertz CT molecular complexity index is 1080. The fourth-order valence-electron chi connectivity index (χ4n) is 2.18. The lowest BCUT2D eigenvalue weighted by molar-refractivity contribution is -0.121. The van der Waals surface area contributed by atoms with Crippen LogP contribution in [0, 0.1) is 5.82 Å². The smallest absolute Gasteiger partial charge is 0.282 e. The highest BCUT2D eigenvalue weighted by Gasteiger charge is 2.34. The van der Waals surface area contributed by atoms with Crippen molar-refractivity contribution in [1.29, 1.82) is 0 Å². The SMILES string of the molecule is C=CCN1C(=O)C(=Cc2ccccc2F)SC1=NS(=O)(=O)c1ccc(Cl)s1. The number of amides is 1. The van der Waals surface area contributed by atoms with Crippen LogP contribution in [0.1, 0.15) is 5.56 Å². The van der Waals surface area contributed by atoms with Gasteiger partial charge in [0.1, 0.15) is 10.0 Å². The average molecular weight is 443 g/mol. The van der Waals surface area contributed by atoms with Crippen molar-refractivity contribution in [2.24, 2.45) is 4.40 Å². The van der Waals surface area contributed by atoms with Gasteiger partial charge in [-0.1, -0.05) is 35.9 Å². The molecule has 0 bridgehead atoms. The van der Waals surface area contributed by atoms with Gasteiger partial charge in [-0.3, -0.25) is 9.69 Å². The lowest BCUT2D eigenvalue weighted by Crippen LogP contribution is -2.29. The molecule has 1 aliphatic rings. The highest BCUT2D eigenvalue weighted by Crippen LogP contribution is 2.35. The Morgan fingerprint density at radius 3 is 2.63 bits per heavy atom. The Morgan fingerprint density at radius 2 is 2.00 bits per heavy atom. The highest BCUT2D eigenvalue weighted by molar-refractivity contribution is 8.19. The van der Waals surface area contributed by atoms with E-state index in [0.29, 0.717) is 4.34 Å². The van der Waals surface area contributed by atoms with Gasteiger partial charge in [-0.05, 0) is 36.0 Å². The molecule has 0 saturated carbocycles. The molecular weight excluding hydrogens is 431 g/mol. The number of benzene rings is 1. The molecule has 1 amide bonds. The fraction of sp³-hybridized carbons (Fsp3) is 0.0588. The van der Waals surface area contributed by atoms with Crippen LogP contribution in [-0.2, 0) is 14.8 Å². The first kappa shape index (κ1) is 19.8. The molecule has 0 aliphatic carbocycles. The Labute approximate surface area is 168 Å². The van der Waals surface area contributed by atoms with E-state index < -0.39 is 21.7 Å². The summed E-state index contributed by atoms with van der Waals surface area (Å²) in [7, 11) is -4.03. The first-order chi connectivity index (χ1) is 12.8. The third-order valence-corrected chi connectivity index (χ3v) is 7.48. The van der Waals surface area contributed by atoms with Crippen molar-refractivity contribution in [3.05, 3.63) is 69.7 Å². The van der Waals surface area contributed by atoms with E-state index in [0.717, 1.165) is 23.1 Å². The number of thiophene rings is 1. The van der Waals surface area contributed by atoms with Gasteiger partial charge in [0.05, 0.1) is 9.24 Å². The predicted molar refractivity (Wildman–Crippen MR) is 108 cm³/mol. The van der Waals surface area contributed by atoms with Crippen molar-refractivity contribution in [3.63, 3.8) is 0 Å². The van der Waals surface area contributed by atoms with Crippen LogP contribution < -0.4 is 0 Å². The molecule has 1 aliphatic heterocycles. The summed E-state index contributed by atoms with van der Waals surface area (Å²) in [5.74, 6) is -0.957. The molecule has 1 saturated heterocycles. The summed E-state index contributed by atoms with van der Waals surface area (Å²) in [6.07, 6.45) is 2.82. The summed E-state index contributed by atoms with van der Waals surface area (Å²) >= 11 is 7.53. The van der Waals surface area contributed by atoms with Crippen LogP contribution >= 0.6 is 34.7 Å². The highest BCUT2D eigenvalue weighted by atomic mass is 35.5. The molecule has 10 heteroatoms. The molecular formula is C17H12ClFN2O3S3. The Morgan fingerprint density at radius 1 is 1.26 bits per heavy atom. The summed E-state index contributed by atoms with van der Waals surface area (Å²) in [5.41, 5.74) is 0.223. The minimum absolute atomic E-state index is 0.0213. The number of amidine groups is 1. The molecule has 1 aromatic carbocycles. The first-order valence-corrected chi connectivity index (χ1v) is 10.9. The average Bonchev–Trinajstić information content (AvgIpc) is 3.17. The number of hydrogen-bond donors (Lipinski definition) is 0. The second-order valence-electron chi connectivity index (χ2n) is 5.24. The van der Waals surface area contributed by atoms with Gasteiger partial charge >= 0.3 is 0 Å². The lowest BCUT2D eigenvalue weighted by Gasteiger charge is -2.12. The molecule has 27 heavy (non-hydrogen) atoms. The molecule has 2 aromatic rings. The molecule has 0 unspecified atom stereocenters. The maximum absolute atomic E-state index is 13.9. The number of rotatable bonds is 5. The van der Waals surface area contributed by atoms with Crippen LogP contribution in [0.5, 0.6) is 0 Å². The van der Waals surface area contributed by atoms with Crippen molar-refractivity contribution < 1.29 is 17.6 Å². The molecule has 0 radical (unpaired) electrons. The molecule has 0 spiro atoms.